The van der Waals surface area contributed by atoms with Gasteiger partial charge in [-0.2, -0.15) is 0 Å². The fourth-order valence-electron chi connectivity index (χ4n) is 3.42. The zero-order valence-corrected chi connectivity index (χ0v) is 15.8. The molecule has 4 nitrogen and oxygen atoms in total. The molecule has 0 saturated carbocycles. The number of hydrogen-bond donors (Lipinski definition) is 2. The third-order valence-electron chi connectivity index (χ3n) is 5.01. The average molecular weight is 364 g/mol. The fraction of sp³-hybridized carbons (Fsp3) is 0.391. The van der Waals surface area contributed by atoms with Gasteiger partial charge < -0.3 is 10.6 Å². The van der Waals surface area contributed by atoms with Crippen molar-refractivity contribution in [3.8, 4) is 0 Å². The minimum absolute atomic E-state index is 0.0546. The molecule has 0 atom stereocenters. The van der Waals surface area contributed by atoms with Crippen molar-refractivity contribution in [1.82, 2.24) is 5.32 Å². The van der Waals surface area contributed by atoms with Crippen molar-refractivity contribution >= 4 is 17.4 Å². The molecular weight excluding hydrogens is 336 g/mol. The summed E-state index contributed by atoms with van der Waals surface area (Å²) < 4.78 is 0. The molecule has 27 heavy (non-hydrogen) atoms. The van der Waals surface area contributed by atoms with E-state index in [1.165, 1.54) is 5.56 Å². The van der Waals surface area contributed by atoms with Gasteiger partial charge >= 0.3 is 0 Å². The molecule has 1 aliphatic heterocycles. The topological polar surface area (TPSA) is 58.2 Å². The van der Waals surface area contributed by atoms with E-state index in [1.807, 2.05) is 24.3 Å². The minimum atomic E-state index is 0.0546. The van der Waals surface area contributed by atoms with Gasteiger partial charge in [-0.25, -0.2) is 0 Å². The number of ketones is 1. The first-order valence-electron chi connectivity index (χ1n) is 9.93. The van der Waals surface area contributed by atoms with Crippen LogP contribution in [0.4, 0.5) is 5.69 Å². The number of anilines is 1. The van der Waals surface area contributed by atoms with Crippen molar-refractivity contribution in [2.45, 2.75) is 44.9 Å². The van der Waals surface area contributed by atoms with Crippen LogP contribution in [-0.2, 0) is 17.6 Å². The second kappa shape index (κ2) is 10.0. The highest BCUT2D eigenvalue weighted by Crippen LogP contribution is 2.24. The van der Waals surface area contributed by atoms with Crippen molar-refractivity contribution < 1.29 is 9.59 Å². The Morgan fingerprint density at radius 2 is 1.81 bits per heavy atom. The maximum atomic E-state index is 12.4. The van der Waals surface area contributed by atoms with Crippen molar-refractivity contribution in [3.05, 3.63) is 65.2 Å². The SMILES string of the molecule is O=C1CCc2cc(C(=O)CCCCCNCCc3ccccc3)ccc2N1. The van der Waals surface area contributed by atoms with E-state index < -0.39 is 0 Å². The maximum Gasteiger partial charge on any atom is 0.224 e. The Kier molecular flexibility index (Phi) is 7.17. The monoisotopic (exact) mass is 364 g/mol. The molecule has 0 spiro atoms. The number of unbranched alkanes of at least 4 members (excludes halogenated alkanes) is 2. The largest absolute Gasteiger partial charge is 0.326 e. The Labute approximate surface area is 161 Å². The molecule has 1 aliphatic rings. The number of Topliss-reactive ketones (excluding diaryl/α,β-unsaturated/α-hetero) is 1. The number of amides is 1. The molecule has 142 valence electrons. The van der Waals surface area contributed by atoms with Gasteiger partial charge in [-0.05, 0) is 68.1 Å². The first-order valence-corrected chi connectivity index (χ1v) is 9.93. The molecule has 0 unspecified atom stereocenters. The summed E-state index contributed by atoms with van der Waals surface area (Å²) in [6, 6.07) is 16.1. The van der Waals surface area contributed by atoms with E-state index in [9.17, 15) is 9.59 Å². The predicted molar refractivity (Wildman–Crippen MR) is 109 cm³/mol. The summed E-state index contributed by atoms with van der Waals surface area (Å²) in [6.07, 6.45) is 5.95. The van der Waals surface area contributed by atoms with Crippen LogP contribution in [0, 0.1) is 0 Å². The molecule has 0 aromatic heterocycles. The number of benzene rings is 2. The lowest BCUT2D eigenvalue weighted by Crippen LogP contribution is -2.19. The smallest absolute Gasteiger partial charge is 0.224 e. The van der Waals surface area contributed by atoms with E-state index in [-0.39, 0.29) is 11.7 Å². The van der Waals surface area contributed by atoms with Crippen LogP contribution in [0.3, 0.4) is 0 Å². The lowest BCUT2D eigenvalue weighted by atomic mass is 9.97. The van der Waals surface area contributed by atoms with Crippen LogP contribution in [0.1, 0.15) is 53.6 Å². The number of aryl methyl sites for hydroxylation is 1. The summed E-state index contributed by atoms with van der Waals surface area (Å²) in [6.45, 7) is 1.99. The summed E-state index contributed by atoms with van der Waals surface area (Å²) in [5, 5.41) is 6.33. The Bertz CT molecular complexity index is 771. The number of fused-ring (bicyclic) bond motifs is 1. The fourth-order valence-corrected chi connectivity index (χ4v) is 3.42. The van der Waals surface area contributed by atoms with E-state index in [1.54, 1.807) is 0 Å². The molecule has 1 amide bonds. The molecule has 0 aliphatic carbocycles. The number of carbonyl (C=O) groups is 2. The molecule has 2 aromatic rings. The first-order chi connectivity index (χ1) is 13.2. The van der Waals surface area contributed by atoms with Gasteiger partial charge in [0.25, 0.3) is 0 Å². The molecule has 2 N–H and O–H groups in total. The van der Waals surface area contributed by atoms with Crippen LogP contribution in [0.5, 0.6) is 0 Å². The summed E-state index contributed by atoms with van der Waals surface area (Å²) in [5.74, 6) is 0.255. The number of rotatable bonds is 10. The van der Waals surface area contributed by atoms with Gasteiger partial charge in [-0.1, -0.05) is 36.8 Å². The Balaban J connectivity index is 1.29. The molecule has 0 bridgehead atoms. The lowest BCUT2D eigenvalue weighted by molar-refractivity contribution is -0.116. The van der Waals surface area contributed by atoms with E-state index in [0.29, 0.717) is 12.8 Å². The molecule has 2 aromatic carbocycles. The first kappa shape index (κ1) is 19.3. The number of nitrogens with one attached hydrogen (secondary N) is 2. The highest BCUT2D eigenvalue weighted by atomic mass is 16.1. The zero-order valence-electron chi connectivity index (χ0n) is 15.8. The molecule has 0 fully saturated rings. The van der Waals surface area contributed by atoms with Gasteiger partial charge in [0, 0.05) is 24.1 Å². The van der Waals surface area contributed by atoms with E-state index >= 15 is 0 Å². The van der Waals surface area contributed by atoms with Crippen LogP contribution >= 0.6 is 0 Å². The van der Waals surface area contributed by atoms with Crippen molar-refractivity contribution in [2.75, 3.05) is 18.4 Å². The Morgan fingerprint density at radius 1 is 0.963 bits per heavy atom. The summed E-state index contributed by atoms with van der Waals surface area (Å²) >= 11 is 0. The highest BCUT2D eigenvalue weighted by molar-refractivity contribution is 5.98. The Morgan fingerprint density at radius 3 is 2.67 bits per heavy atom. The molecular formula is C23H28N2O2. The van der Waals surface area contributed by atoms with Crippen molar-refractivity contribution in [3.63, 3.8) is 0 Å². The molecule has 3 rings (SSSR count). The van der Waals surface area contributed by atoms with Crippen LogP contribution < -0.4 is 10.6 Å². The summed E-state index contributed by atoms with van der Waals surface area (Å²) in [7, 11) is 0. The standard InChI is InChI=1S/C23H28N2O2/c26-22(20-10-12-21-19(17-20)11-13-23(27)25-21)9-5-2-6-15-24-16-14-18-7-3-1-4-8-18/h1,3-4,7-8,10,12,17,24H,2,5-6,9,11,13-16H2,(H,25,27). The van der Waals surface area contributed by atoms with E-state index in [4.69, 9.17) is 0 Å². The number of hydrogen-bond acceptors (Lipinski definition) is 3. The number of carbonyl (C=O) groups excluding carboxylic acids is 2. The summed E-state index contributed by atoms with van der Waals surface area (Å²) in [5.41, 5.74) is 4.05. The predicted octanol–water partition coefficient (Wildman–Crippen LogP) is 4.15. The highest BCUT2D eigenvalue weighted by Gasteiger charge is 2.16. The van der Waals surface area contributed by atoms with Crippen LogP contribution in [-0.4, -0.2) is 24.8 Å². The van der Waals surface area contributed by atoms with E-state index in [0.717, 1.165) is 62.0 Å². The molecule has 1 heterocycles. The Hall–Kier alpha value is -2.46. The van der Waals surface area contributed by atoms with Crippen molar-refractivity contribution in [1.29, 1.82) is 0 Å². The van der Waals surface area contributed by atoms with Crippen LogP contribution in [0.2, 0.25) is 0 Å². The second-order valence-corrected chi connectivity index (χ2v) is 7.14. The maximum absolute atomic E-state index is 12.4. The van der Waals surface area contributed by atoms with Crippen LogP contribution in [0.25, 0.3) is 0 Å². The third-order valence-corrected chi connectivity index (χ3v) is 5.01. The van der Waals surface area contributed by atoms with E-state index in [2.05, 4.69) is 34.9 Å². The van der Waals surface area contributed by atoms with Gasteiger partial charge in [0.15, 0.2) is 5.78 Å². The summed E-state index contributed by atoms with van der Waals surface area (Å²) in [4.78, 5) is 23.8. The van der Waals surface area contributed by atoms with Crippen molar-refractivity contribution in [2.24, 2.45) is 0 Å². The van der Waals surface area contributed by atoms with Gasteiger partial charge in [0.1, 0.15) is 0 Å². The van der Waals surface area contributed by atoms with Crippen LogP contribution in [0.15, 0.2) is 48.5 Å². The quantitative estimate of drug-likeness (QED) is 0.492. The zero-order chi connectivity index (χ0) is 18.9. The molecule has 4 heteroatoms. The lowest BCUT2D eigenvalue weighted by Gasteiger charge is -2.17. The molecule has 0 saturated heterocycles. The van der Waals surface area contributed by atoms with Gasteiger partial charge in [-0.3, -0.25) is 9.59 Å². The van der Waals surface area contributed by atoms with Gasteiger partial charge in [0.05, 0.1) is 0 Å². The second-order valence-electron chi connectivity index (χ2n) is 7.14. The minimum Gasteiger partial charge on any atom is -0.326 e. The van der Waals surface area contributed by atoms with Gasteiger partial charge in [-0.15, -0.1) is 0 Å². The van der Waals surface area contributed by atoms with Gasteiger partial charge in [0.2, 0.25) is 5.91 Å². The average Bonchev–Trinajstić information content (AvgIpc) is 2.70. The normalized spacial score (nSPS) is 13.1. The third kappa shape index (κ3) is 6.04. The molecule has 0 radical (unpaired) electrons.